The SMILES string of the molecule is CC(=O)OC[C@H]1O[C@@H](NC(=O)CNC(=O)OCc2ccccc2)[C@H](F)[C@@H](OC(C)=O)[C@@H]1OC(C)=O. The number of benzene rings is 1. The molecule has 0 radical (unpaired) electrons. The predicted octanol–water partition coefficient (Wildman–Crippen LogP) is 0.519. The third-order valence-corrected chi connectivity index (χ3v) is 4.58. The number of rotatable bonds is 9. The molecule has 0 unspecified atom stereocenters. The average molecular weight is 498 g/mol. The van der Waals surface area contributed by atoms with Crippen LogP contribution in [0.15, 0.2) is 30.3 Å². The Hall–Kier alpha value is -3.74. The lowest BCUT2D eigenvalue weighted by Crippen LogP contribution is -2.64. The Morgan fingerprint density at radius 3 is 2.14 bits per heavy atom. The summed E-state index contributed by atoms with van der Waals surface area (Å²) in [6.45, 7) is 2.11. The fraction of sp³-hybridized carbons (Fsp3) is 0.500. The monoisotopic (exact) mass is 498 g/mol. The van der Waals surface area contributed by atoms with E-state index in [0.717, 1.165) is 26.3 Å². The van der Waals surface area contributed by atoms with Crippen LogP contribution in [0.1, 0.15) is 26.3 Å². The molecule has 2 rings (SSSR count). The molecule has 13 heteroatoms. The zero-order chi connectivity index (χ0) is 26.0. The lowest BCUT2D eigenvalue weighted by Gasteiger charge is -2.42. The normalized spacial score (nSPS) is 23.4. The third kappa shape index (κ3) is 9.20. The summed E-state index contributed by atoms with van der Waals surface area (Å²) in [5, 5.41) is 4.43. The summed E-state index contributed by atoms with van der Waals surface area (Å²) in [6.07, 6.45) is -9.11. The van der Waals surface area contributed by atoms with Gasteiger partial charge in [-0.05, 0) is 5.56 Å². The number of nitrogens with one attached hydrogen (secondary N) is 2. The van der Waals surface area contributed by atoms with Crippen LogP contribution in [0.25, 0.3) is 0 Å². The molecule has 12 nitrogen and oxygen atoms in total. The molecule has 1 aromatic rings. The van der Waals surface area contributed by atoms with Gasteiger partial charge in [0.2, 0.25) is 5.91 Å². The molecule has 1 heterocycles. The third-order valence-electron chi connectivity index (χ3n) is 4.58. The Morgan fingerprint density at radius 2 is 1.54 bits per heavy atom. The van der Waals surface area contributed by atoms with Gasteiger partial charge in [-0.3, -0.25) is 19.2 Å². The molecule has 35 heavy (non-hydrogen) atoms. The Labute approximate surface area is 200 Å². The van der Waals surface area contributed by atoms with E-state index in [9.17, 15) is 24.0 Å². The number of alkyl carbamates (subject to hydrolysis) is 1. The van der Waals surface area contributed by atoms with Crippen molar-refractivity contribution < 1.29 is 52.0 Å². The Kier molecular flexibility index (Phi) is 10.4. The Balaban J connectivity index is 2.00. The fourth-order valence-electron chi connectivity index (χ4n) is 3.15. The van der Waals surface area contributed by atoms with E-state index in [1.165, 1.54) is 0 Å². The van der Waals surface area contributed by atoms with Crippen LogP contribution in [0, 0.1) is 0 Å². The van der Waals surface area contributed by atoms with Crippen molar-refractivity contribution in [2.24, 2.45) is 0 Å². The van der Waals surface area contributed by atoms with Crippen LogP contribution in [-0.2, 0) is 49.5 Å². The van der Waals surface area contributed by atoms with Gasteiger partial charge in [-0.25, -0.2) is 9.18 Å². The number of hydrogen-bond donors (Lipinski definition) is 2. The fourth-order valence-corrected chi connectivity index (χ4v) is 3.15. The van der Waals surface area contributed by atoms with E-state index in [4.69, 9.17) is 23.7 Å². The second-order valence-corrected chi connectivity index (χ2v) is 7.47. The zero-order valence-electron chi connectivity index (χ0n) is 19.4. The molecule has 1 saturated heterocycles. The molecule has 1 aromatic carbocycles. The largest absolute Gasteiger partial charge is 0.463 e. The molecule has 0 aromatic heterocycles. The number of hydrogen-bond acceptors (Lipinski definition) is 10. The van der Waals surface area contributed by atoms with Crippen LogP contribution in [-0.4, -0.2) is 73.8 Å². The van der Waals surface area contributed by atoms with Gasteiger partial charge in [-0.15, -0.1) is 0 Å². The van der Waals surface area contributed by atoms with E-state index in [-0.39, 0.29) is 6.61 Å². The van der Waals surface area contributed by atoms with Crippen LogP contribution in [0.4, 0.5) is 9.18 Å². The standard InChI is InChI=1S/C22H27FN2O10/c1-12(26)31-11-16-19(33-13(2)27)20(34-14(3)28)18(23)21(35-16)25-17(29)9-24-22(30)32-10-15-7-5-4-6-8-15/h4-8,16,18-21H,9-11H2,1-3H3,(H,24,30)(H,25,29)/t16-,18-,19-,20-,21-/m1/s1. The van der Waals surface area contributed by atoms with Gasteiger partial charge in [0.1, 0.15) is 25.9 Å². The molecule has 2 N–H and O–H groups in total. The highest BCUT2D eigenvalue weighted by Crippen LogP contribution is 2.28. The van der Waals surface area contributed by atoms with Crippen LogP contribution < -0.4 is 10.6 Å². The van der Waals surface area contributed by atoms with E-state index in [2.05, 4.69) is 10.6 Å². The minimum absolute atomic E-state index is 0.0218. The van der Waals surface area contributed by atoms with Gasteiger partial charge >= 0.3 is 24.0 Å². The Bertz CT molecular complexity index is 913. The quantitative estimate of drug-likeness (QED) is 0.363. The molecule has 0 bridgehead atoms. The van der Waals surface area contributed by atoms with Gasteiger partial charge in [0, 0.05) is 20.8 Å². The first kappa shape index (κ1) is 27.5. The molecule has 1 aliphatic rings. The number of ether oxygens (including phenoxy) is 5. The summed E-state index contributed by atoms with van der Waals surface area (Å²) in [5.41, 5.74) is 0.737. The van der Waals surface area contributed by atoms with E-state index in [0.29, 0.717) is 0 Å². The van der Waals surface area contributed by atoms with Crippen molar-refractivity contribution >= 4 is 29.9 Å². The molecule has 0 aliphatic carbocycles. The molecule has 1 fully saturated rings. The van der Waals surface area contributed by atoms with Crippen LogP contribution in [0.2, 0.25) is 0 Å². The van der Waals surface area contributed by atoms with Crippen molar-refractivity contribution in [3.05, 3.63) is 35.9 Å². The average Bonchev–Trinajstić information content (AvgIpc) is 2.79. The highest BCUT2D eigenvalue weighted by molar-refractivity contribution is 5.82. The molecule has 1 aliphatic heterocycles. The van der Waals surface area contributed by atoms with E-state index in [1.807, 2.05) is 0 Å². The van der Waals surface area contributed by atoms with Crippen LogP contribution in [0.3, 0.4) is 0 Å². The number of carbonyl (C=O) groups excluding carboxylic acids is 5. The van der Waals surface area contributed by atoms with E-state index < -0.39 is 73.8 Å². The summed E-state index contributed by atoms with van der Waals surface area (Å²) in [4.78, 5) is 58.4. The maximum Gasteiger partial charge on any atom is 0.407 e. The first-order valence-electron chi connectivity index (χ1n) is 10.6. The minimum Gasteiger partial charge on any atom is -0.463 e. The second kappa shape index (κ2) is 13.2. The molecular weight excluding hydrogens is 471 g/mol. The predicted molar refractivity (Wildman–Crippen MR) is 114 cm³/mol. The molecule has 0 spiro atoms. The lowest BCUT2D eigenvalue weighted by molar-refractivity contribution is -0.239. The number of alkyl halides is 1. The molecule has 2 amide bonds. The van der Waals surface area contributed by atoms with Crippen molar-refractivity contribution in [3.8, 4) is 0 Å². The molecule has 192 valence electrons. The Morgan fingerprint density at radius 1 is 0.914 bits per heavy atom. The highest BCUT2D eigenvalue weighted by atomic mass is 19.1. The maximum atomic E-state index is 15.2. The van der Waals surface area contributed by atoms with Crippen LogP contribution >= 0.6 is 0 Å². The summed E-state index contributed by atoms with van der Waals surface area (Å²) in [6, 6.07) is 8.83. The van der Waals surface area contributed by atoms with Gasteiger partial charge in [0.05, 0.1) is 0 Å². The van der Waals surface area contributed by atoms with Crippen molar-refractivity contribution in [3.63, 3.8) is 0 Å². The molecule has 5 atom stereocenters. The smallest absolute Gasteiger partial charge is 0.407 e. The minimum atomic E-state index is -2.16. The van der Waals surface area contributed by atoms with Crippen LogP contribution in [0.5, 0.6) is 0 Å². The summed E-state index contributed by atoms with van der Waals surface area (Å²) < 4.78 is 40.5. The number of amides is 2. The van der Waals surface area contributed by atoms with Gasteiger partial charge in [0.15, 0.2) is 24.6 Å². The van der Waals surface area contributed by atoms with Gasteiger partial charge < -0.3 is 34.3 Å². The van der Waals surface area contributed by atoms with Gasteiger partial charge in [0.25, 0.3) is 0 Å². The number of halogens is 1. The number of carbonyl (C=O) groups is 5. The first-order chi connectivity index (χ1) is 16.6. The number of esters is 3. The summed E-state index contributed by atoms with van der Waals surface area (Å²) in [5.74, 6) is -3.25. The van der Waals surface area contributed by atoms with Crippen molar-refractivity contribution in [1.82, 2.24) is 10.6 Å². The summed E-state index contributed by atoms with van der Waals surface area (Å²) in [7, 11) is 0. The highest BCUT2D eigenvalue weighted by Gasteiger charge is 2.51. The van der Waals surface area contributed by atoms with Gasteiger partial charge in [-0.1, -0.05) is 30.3 Å². The molecule has 0 saturated carbocycles. The molecular formula is C22H27FN2O10. The second-order valence-electron chi connectivity index (χ2n) is 7.47. The summed E-state index contributed by atoms with van der Waals surface area (Å²) >= 11 is 0. The topological polar surface area (TPSA) is 156 Å². The van der Waals surface area contributed by atoms with Crippen molar-refractivity contribution in [2.75, 3.05) is 13.2 Å². The zero-order valence-corrected chi connectivity index (χ0v) is 19.4. The lowest BCUT2D eigenvalue weighted by atomic mass is 9.98. The van der Waals surface area contributed by atoms with Gasteiger partial charge in [-0.2, -0.15) is 0 Å². The van der Waals surface area contributed by atoms with Crippen molar-refractivity contribution in [1.29, 1.82) is 0 Å². The first-order valence-corrected chi connectivity index (χ1v) is 10.6. The van der Waals surface area contributed by atoms with Crippen molar-refractivity contribution in [2.45, 2.75) is 58.1 Å². The maximum absolute atomic E-state index is 15.2. The van der Waals surface area contributed by atoms with E-state index >= 15 is 4.39 Å². The van der Waals surface area contributed by atoms with E-state index in [1.54, 1.807) is 30.3 Å².